The predicted octanol–water partition coefficient (Wildman–Crippen LogP) is 3.50. The minimum Gasteiger partial charge on any atom is -0.114 e. The molecule has 1 unspecified atom stereocenters. The molecule has 0 saturated heterocycles. The van der Waals surface area contributed by atoms with Crippen molar-refractivity contribution >= 4 is 19.0 Å². The Hall–Kier alpha value is -0.105. The molecule has 2 heteroatoms. The van der Waals surface area contributed by atoms with E-state index >= 15 is 0 Å². The van der Waals surface area contributed by atoms with Crippen LogP contribution in [0.4, 0.5) is 0 Å². The van der Waals surface area contributed by atoms with E-state index < -0.39 is 0 Å². The smallest absolute Gasteiger partial charge is 0.114 e. The Morgan fingerprint density at radius 2 is 2.36 bits per heavy atom. The van der Waals surface area contributed by atoms with Gasteiger partial charge in [0.15, 0.2) is 7.28 Å². The topological polar surface area (TPSA) is 0 Å². The molecule has 0 amide bonds. The molecule has 0 aromatic heterocycles. The van der Waals surface area contributed by atoms with E-state index in [2.05, 4.69) is 31.9 Å². The third-order valence-electron chi connectivity index (χ3n) is 1.59. The van der Waals surface area contributed by atoms with Crippen molar-refractivity contribution in [2.45, 2.75) is 27.1 Å². The van der Waals surface area contributed by atoms with Crippen LogP contribution in [0, 0.1) is 5.92 Å². The van der Waals surface area contributed by atoms with Gasteiger partial charge in [-0.3, -0.25) is 0 Å². The highest BCUT2D eigenvalue weighted by molar-refractivity contribution is 8.07. The van der Waals surface area contributed by atoms with Gasteiger partial charge in [0.2, 0.25) is 0 Å². The Kier molecular flexibility index (Phi) is 6.53. The van der Waals surface area contributed by atoms with E-state index in [4.69, 9.17) is 0 Å². The molecule has 0 nitrogen and oxygen atoms in total. The average molecular weight is 167 g/mol. The number of hydrogen-bond donors (Lipinski definition) is 0. The van der Waals surface area contributed by atoms with Crippen molar-refractivity contribution in [2.24, 2.45) is 5.92 Å². The lowest BCUT2D eigenvalue weighted by Gasteiger charge is -1.99. The zero-order chi connectivity index (χ0) is 8.69. The zero-order valence-corrected chi connectivity index (χ0v) is 8.45. The van der Waals surface area contributed by atoms with Gasteiger partial charge in [-0.2, -0.15) is 0 Å². The van der Waals surface area contributed by atoms with Crippen molar-refractivity contribution in [1.82, 2.24) is 0 Å². The first-order valence-corrected chi connectivity index (χ1v) is 4.90. The van der Waals surface area contributed by atoms with Crippen LogP contribution in [0.2, 0.25) is 6.82 Å². The van der Waals surface area contributed by atoms with Gasteiger partial charge >= 0.3 is 0 Å². The van der Waals surface area contributed by atoms with Crippen molar-refractivity contribution < 1.29 is 0 Å². The van der Waals surface area contributed by atoms with E-state index in [1.165, 1.54) is 6.42 Å². The van der Waals surface area contributed by atoms with Crippen LogP contribution in [-0.2, 0) is 0 Å². The fraction of sp³-hybridized carbons (Fsp3) is 0.556. The highest BCUT2D eigenvalue weighted by Crippen LogP contribution is 2.15. The lowest BCUT2D eigenvalue weighted by molar-refractivity contribution is 0.699. The van der Waals surface area contributed by atoms with E-state index in [-0.39, 0.29) is 0 Å². The van der Waals surface area contributed by atoms with Crippen LogP contribution in [0.1, 0.15) is 20.3 Å². The van der Waals surface area contributed by atoms with Gasteiger partial charge in [0.1, 0.15) is 0 Å². The number of rotatable bonds is 5. The van der Waals surface area contributed by atoms with Crippen LogP contribution >= 0.6 is 11.8 Å². The number of hydrogen-bond acceptors (Lipinski definition) is 1. The van der Waals surface area contributed by atoms with E-state index in [1.54, 1.807) is 11.8 Å². The molecule has 11 heavy (non-hydrogen) atoms. The molecule has 1 atom stereocenters. The maximum atomic E-state index is 3.85. The molecule has 0 aliphatic rings. The van der Waals surface area contributed by atoms with E-state index in [0.29, 0.717) is 5.92 Å². The summed E-state index contributed by atoms with van der Waals surface area (Å²) in [5.74, 6) is 0.687. The second-order valence-corrected chi connectivity index (χ2v) is 3.62. The maximum Gasteiger partial charge on any atom is 0.156 e. The fourth-order valence-corrected chi connectivity index (χ4v) is 1.12. The highest BCUT2D eigenvalue weighted by atomic mass is 32.2. The molecule has 0 rings (SSSR count). The minimum absolute atomic E-state index is 0.687. The summed E-state index contributed by atoms with van der Waals surface area (Å²) < 4.78 is 0. The molecular weight excluding hydrogens is 151 g/mol. The molecule has 0 saturated carbocycles. The van der Waals surface area contributed by atoms with E-state index in [9.17, 15) is 0 Å². The molecule has 0 fully saturated rings. The molecule has 0 aromatic carbocycles. The SMILES string of the molecule is C=C([B]C)SC=CC(C)CC. The van der Waals surface area contributed by atoms with Gasteiger partial charge in [0.25, 0.3) is 0 Å². The molecule has 61 valence electrons. The van der Waals surface area contributed by atoms with Crippen molar-refractivity contribution in [1.29, 1.82) is 0 Å². The molecule has 0 aromatic rings. The summed E-state index contributed by atoms with van der Waals surface area (Å²) >= 11 is 1.69. The minimum atomic E-state index is 0.687. The molecule has 0 spiro atoms. The van der Waals surface area contributed by atoms with Gasteiger partial charge in [-0.1, -0.05) is 44.6 Å². The average Bonchev–Trinajstić information content (AvgIpc) is 2.04. The third kappa shape index (κ3) is 6.30. The normalized spacial score (nSPS) is 13.4. The maximum absolute atomic E-state index is 3.85. The molecule has 0 aliphatic carbocycles. The second-order valence-electron chi connectivity index (χ2n) is 2.59. The molecular formula is C9H16BS. The van der Waals surface area contributed by atoms with Crippen LogP contribution in [-0.4, -0.2) is 7.28 Å². The van der Waals surface area contributed by atoms with Crippen LogP contribution in [0.5, 0.6) is 0 Å². The van der Waals surface area contributed by atoms with Crippen molar-refractivity contribution in [3.8, 4) is 0 Å². The molecule has 0 N–H and O–H groups in total. The molecule has 1 radical (unpaired) electrons. The van der Waals surface area contributed by atoms with Gasteiger partial charge in [-0.05, 0) is 11.3 Å². The van der Waals surface area contributed by atoms with Gasteiger partial charge in [0, 0.05) is 0 Å². The number of thioether (sulfide) groups is 1. The molecule has 0 aliphatic heterocycles. The Morgan fingerprint density at radius 3 is 2.82 bits per heavy atom. The van der Waals surface area contributed by atoms with Crippen LogP contribution in [0.15, 0.2) is 22.9 Å². The first kappa shape index (κ1) is 10.9. The largest absolute Gasteiger partial charge is 0.156 e. The Balaban J connectivity index is 3.51. The summed E-state index contributed by atoms with van der Waals surface area (Å²) in [6, 6.07) is 0. The van der Waals surface area contributed by atoms with Crippen LogP contribution in [0.3, 0.4) is 0 Å². The van der Waals surface area contributed by atoms with Crippen LogP contribution in [0.25, 0.3) is 0 Å². The Morgan fingerprint density at radius 1 is 1.73 bits per heavy atom. The lowest BCUT2D eigenvalue weighted by atomic mass is 9.83. The third-order valence-corrected chi connectivity index (χ3v) is 2.42. The summed E-state index contributed by atoms with van der Waals surface area (Å²) in [6.45, 7) is 10.3. The number of allylic oxidation sites excluding steroid dienone is 1. The Bertz CT molecular complexity index is 140. The van der Waals surface area contributed by atoms with Crippen molar-refractivity contribution in [3.63, 3.8) is 0 Å². The molecule has 0 heterocycles. The van der Waals surface area contributed by atoms with E-state index in [0.717, 1.165) is 4.80 Å². The first-order valence-electron chi connectivity index (χ1n) is 4.02. The summed E-state index contributed by atoms with van der Waals surface area (Å²) in [4.78, 5) is 1.12. The van der Waals surface area contributed by atoms with E-state index in [1.807, 2.05) is 14.1 Å². The van der Waals surface area contributed by atoms with Crippen LogP contribution < -0.4 is 0 Å². The van der Waals surface area contributed by atoms with Crippen molar-refractivity contribution in [3.05, 3.63) is 22.9 Å². The summed E-state index contributed by atoms with van der Waals surface area (Å²) in [5.41, 5.74) is 0. The lowest BCUT2D eigenvalue weighted by Crippen LogP contribution is -1.84. The van der Waals surface area contributed by atoms with Gasteiger partial charge in [0.05, 0.1) is 0 Å². The predicted molar refractivity (Wildman–Crippen MR) is 56.9 cm³/mol. The van der Waals surface area contributed by atoms with Gasteiger partial charge in [-0.15, -0.1) is 11.8 Å². The monoisotopic (exact) mass is 167 g/mol. The van der Waals surface area contributed by atoms with Gasteiger partial charge in [-0.25, -0.2) is 0 Å². The summed E-state index contributed by atoms with van der Waals surface area (Å²) in [5, 5.41) is 2.12. The standard InChI is InChI=1S/C9H16BS/c1-5-8(2)6-7-11-9(3)10-4/h6-8H,3,5H2,1-2,4H3. The zero-order valence-electron chi connectivity index (χ0n) is 7.63. The van der Waals surface area contributed by atoms with Crippen molar-refractivity contribution in [2.75, 3.05) is 0 Å². The first-order chi connectivity index (χ1) is 5.20. The summed E-state index contributed by atoms with van der Waals surface area (Å²) in [6.07, 6.45) is 3.43. The highest BCUT2D eigenvalue weighted by Gasteiger charge is 1.91. The van der Waals surface area contributed by atoms with Gasteiger partial charge < -0.3 is 0 Å². The summed E-state index contributed by atoms with van der Waals surface area (Å²) in [7, 11) is 2.02. The second kappa shape index (κ2) is 6.60. The quantitative estimate of drug-likeness (QED) is 0.564. The molecule has 0 bridgehead atoms. The Labute approximate surface area is 75.4 Å². The fourth-order valence-electron chi connectivity index (χ4n) is 0.465.